The van der Waals surface area contributed by atoms with E-state index in [1.807, 2.05) is 0 Å². The first kappa shape index (κ1) is 12.7. The minimum absolute atomic E-state index is 0.000752. The van der Waals surface area contributed by atoms with Crippen molar-refractivity contribution in [3.63, 3.8) is 0 Å². The quantitative estimate of drug-likeness (QED) is 0.813. The molecule has 2 rings (SSSR count). The molecule has 0 aliphatic rings. The normalized spacial score (nSPS) is 11.0. The van der Waals surface area contributed by atoms with Gasteiger partial charge >= 0.3 is 0 Å². The second-order valence-electron chi connectivity index (χ2n) is 3.60. The van der Waals surface area contributed by atoms with Gasteiger partial charge in [0.05, 0.1) is 15.7 Å². The van der Waals surface area contributed by atoms with Crippen LogP contribution in [0.15, 0.2) is 41.4 Å². The average molecular weight is 282 g/mol. The van der Waals surface area contributed by atoms with E-state index in [2.05, 4.69) is 4.99 Å². The van der Waals surface area contributed by atoms with Gasteiger partial charge in [0.1, 0.15) is 11.5 Å². The molecule has 0 aliphatic carbocycles. The zero-order chi connectivity index (χ0) is 13.1. The van der Waals surface area contributed by atoms with E-state index >= 15 is 0 Å². The lowest BCUT2D eigenvalue weighted by Gasteiger charge is -2.00. The summed E-state index contributed by atoms with van der Waals surface area (Å²) in [6.45, 7) is 0. The lowest BCUT2D eigenvalue weighted by atomic mass is 10.2. The number of rotatable bonds is 2. The maximum atomic E-state index is 9.57. The average Bonchev–Trinajstić information content (AvgIpc) is 2.32. The number of hydrogen-bond acceptors (Lipinski definition) is 3. The third kappa shape index (κ3) is 2.94. The van der Waals surface area contributed by atoms with Gasteiger partial charge in [-0.25, -0.2) is 0 Å². The first-order valence-electron chi connectivity index (χ1n) is 5.07. The Morgan fingerprint density at radius 2 is 1.72 bits per heavy atom. The first-order chi connectivity index (χ1) is 8.56. The maximum Gasteiger partial charge on any atom is 0.128 e. The summed E-state index contributed by atoms with van der Waals surface area (Å²) in [6.07, 6.45) is 1.48. The van der Waals surface area contributed by atoms with E-state index in [4.69, 9.17) is 28.3 Å². The molecule has 0 spiro atoms. The topological polar surface area (TPSA) is 52.8 Å². The SMILES string of the molecule is Oc1ccc(C=Nc2ccc(Cl)c(Cl)c2)c(O)c1. The van der Waals surface area contributed by atoms with Gasteiger partial charge in [0.15, 0.2) is 0 Å². The summed E-state index contributed by atoms with van der Waals surface area (Å²) in [5, 5.41) is 19.6. The summed E-state index contributed by atoms with van der Waals surface area (Å²) in [5.74, 6) is -0.0435. The number of benzene rings is 2. The largest absolute Gasteiger partial charge is 0.508 e. The highest BCUT2D eigenvalue weighted by atomic mass is 35.5. The maximum absolute atomic E-state index is 9.57. The summed E-state index contributed by atoms with van der Waals surface area (Å²) < 4.78 is 0. The smallest absolute Gasteiger partial charge is 0.128 e. The second kappa shape index (κ2) is 5.29. The molecule has 2 aromatic rings. The van der Waals surface area contributed by atoms with Crippen molar-refractivity contribution in [2.75, 3.05) is 0 Å². The van der Waals surface area contributed by atoms with Crippen molar-refractivity contribution in [1.29, 1.82) is 0 Å². The Hall–Kier alpha value is -1.71. The van der Waals surface area contributed by atoms with Crippen LogP contribution in [0.2, 0.25) is 10.0 Å². The zero-order valence-corrected chi connectivity index (χ0v) is 10.7. The Kier molecular flexibility index (Phi) is 3.75. The third-order valence-electron chi connectivity index (χ3n) is 2.27. The van der Waals surface area contributed by atoms with Gasteiger partial charge in [0.25, 0.3) is 0 Å². The van der Waals surface area contributed by atoms with E-state index in [9.17, 15) is 5.11 Å². The van der Waals surface area contributed by atoms with Crippen LogP contribution in [0.25, 0.3) is 0 Å². The first-order valence-corrected chi connectivity index (χ1v) is 5.83. The fourth-order valence-electron chi connectivity index (χ4n) is 1.35. The van der Waals surface area contributed by atoms with Crippen molar-refractivity contribution < 1.29 is 10.2 Å². The van der Waals surface area contributed by atoms with Crippen LogP contribution in [0.5, 0.6) is 11.5 Å². The van der Waals surface area contributed by atoms with E-state index in [0.717, 1.165) is 0 Å². The van der Waals surface area contributed by atoms with Crippen LogP contribution in [0, 0.1) is 0 Å². The number of phenols is 2. The summed E-state index contributed by atoms with van der Waals surface area (Å²) in [4.78, 5) is 4.16. The Morgan fingerprint density at radius 1 is 0.944 bits per heavy atom. The molecule has 0 saturated heterocycles. The van der Waals surface area contributed by atoms with E-state index in [-0.39, 0.29) is 11.5 Å². The van der Waals surface area contributed by atoms with Gasteiger partial charge in [0.2, 0.25) is 0 Å². The van der Waals surface area contributed by atoms with E-state index < -0.39 is 0 Å². The van der Waals surface area contributed by atoms with Gasteiger partial charge in [-0.05, 0) is 30.3 Å². The van der Waals surface area contributed by atoms with Crippen LogP contribution >= 0.6 is 23.2 Å². The molecule has 0 radical (unpaired) electrons. The fourth-order valence-corrected chi connectivity index (χ4v) is 1.64. The monoisotopic (exact) mass is 281 g/mol. The zero-order valence-electron chi connectivity index (χ0n) is 9.14. The lowest BCUT2D eigenvalue weighted by Crippen LogP contribution is -1.81. The molecule has 5 heteroatoms. The van der Waals surface area contributed by atoms with Gasteiger partial charge in [-0.1, -0.05) is 23.2 Å². The minimum Gasteiger partial charge on any atom is -0.508 e. The number of aromatic hydroxyl groups is 2. The van der Waals surface area contributed by atoms with Crippen LogP contribution in [-0.4, -0.2) is 16.4 Å². The van der Waals surface area contributed by atoms with Crippen molar-refractivity contribution >= 4 is 35.1 Å². The molecule has 0 fully saturated rings. The van der Waals surface area contributed by atoms with Gasteiger partial charge in [0, 0.05) is 17.8 Å². The number of phenolic OH excluding ortho intramolecular Hbond substituents is 2. The third-order valence-corrected chi connectivity index (χ3v) is 3.01. The summed E-state index contributed by atoms with van der Waals surface area (Å²) in [5.41, 5.74) is 1.12. The molecule has 0 unspecified atom stereocenters. The summed E-state index contributed by atoms with van der Waals surface area (Å²) in [7, 11) is 0. The van der Waals surface area contributed by atoms with Gasteiger partial charge < -0.3 is 10.2 Å². The Bertz CT molecular complexity index is 612. The van der Waals surface area contributed by atoms with Crippen LogP contribution < -0.4 is 0 Å². The van der Waals surface area contributed by atoms with Gasteiger partial charge in [-0.15, -0.1) is 0 Å². The predicted octanol–water partition coefficient (Wildman–Crippen LogP) is 4.16. The van der Waals surface area contributed by atoms with E-state index in [1.54, 1.807) is 24.3 Å². The fraction of sp³-hybridized carbons (Fsp3) is 0. The Balaban J connectivity index is 2.27. The Morgan fingerprint density at radius 3 is 2.39 bits per heavy atom. The van der Waals surface area contributed by atoms with Crippen LogP contribution in [0.3, 0.4) is 0 Å². The van der Waals surface area contributed by atoms with Crippen molar-refractivity contribution in [3.05, 3.63) is 52.0 Å². The van der Waals surface area contributed by atoms with Gasteiger partial charge in [-0.2, -0.15) is 0 Å². The molecule has 0 heterocycles. The predicted molar refractivity (Wildman–Crippen MR) is 73.5 cm³/mol. The van der Waals surface area contributed by atoms with E-state index in [0.29, 0.717) is 21.3 Å². The highest BCUT2D eigenvalue weighted by Crippen LogP contribution is 2.27. The van der Waals surface area contributed by atoms with Crippen molar-refractivity contribution in [3.8, 4) is 11.5 Å². The van der Waals surface area contributed by atoms with Crippen LogP contribution in [0.4, 0.5) is 5.69 Å². The van der Waals surface area contributed by atoms with Gasteiger partial charge in [-0.3, -0.25) is 4.99 Å². The number of halogens is 2. The molecule has 2 N–H and O–H groups in total. The van der Waals surface area contributed by atoms with Crippen molar-refractivity contribution in [1.82, 2.24) is 0 Å². The molecule has 0 saturated carbocycles. The number of hydrogen-bond donors (Lipinski definition) is 2. The van der Waals surface area contributed by atoms with Crippen LogP contribution in [0.1, 0.15) is 5.56 Å². The molecular weight excluding hydrogens is 273 g/mol. The number of nitrogens with zero attached hydrogens (tertiary/aromatic N) is 1. The standard InChI is InChI=1S/C13H9Cl2NO2/c14-11-4-2-9(5-12(11)15)16-7-8-1-3-10(17)6-13(8)18/h1-7,17-18H. The number of aliphatic imine (C=N–C) groups is 1. The molecule has 18 heavy (non-hydrogen) atoms. The molecule has 0 atom stereocenters. The van der Waals surface area contributed by atoms with Crippen molar-refractivity contribution in [2.45, 2.75) is 0 Å². The molecule has 3 nitrogen and oxygen atoms in total. The highest BCUT2D eigenvalue weighted by Gasteiger charge is 2.00. The summed E-state index contributed by atoms with van der Waals surface area (Å²) in [6, 6.07) is 9.26. The molecule has 2 aromatic carbocycles. The Labute approximate surface area is 114 Å². The molecule has 0 aliphatic heterocycles. The van der Waals surface area contributed by atoms with E-state index in [1.165, 1.54) is 18.3 Å². The van der Waals surface area contributed by atoms with Crippen molar-refractivity contribution in [2.24, 2.45) is 4.99 Å². The lowest BCUT2D eigenvalue weighted by molar-refractivity contribution is 0.450. The molecular formula is C13H9Cl2NO2. The molecule has 0 aromatic heterocycles. The second-order valence-corrected chi connectivity index (χ2v) is 4.41. The highest BCUT2D eigenvalue weighted by molar-refractivity contribution is 6.42. The molecule has 92 valence electrons. The van der Waals surface area contributed by atoms with Crippen LogP contribution in [-0.2, 0) is 0 Å². The summed E-state index contributed by atoms with van der Waals surface area (Å²) >= 11 is 11.6. The molecule has 0 amide bonds. The molecule has 0 bridgehead atoms. The minimum atomic E-state index is -0.0428.